The fourth-order valence-electron chi connectivity index (χ4n) is 3.44. The number of benzene rings is 1. The summed E-state index contributed by atoms with van der Waals surface area (Å²) < 4.78 is 38.8. The molecule has 2 heterocycles. The lowest BCUT2D eigenvalue weighted by atomic mass is 10.1. The summed E-state index contributed by atoms with van der Waals surface area (Å²) in [5.41, 5.74) is 0.553. The third-order valence-corrected chi connectivity index (χ3v) is 9.04. The molecule has 1 aliphatic heterocycles. The molecule has 1 aromatic carbocycles. The van der Waals surface area contributed by atoms with Gasteiger partial charge in [-0.3, -0.25) is 4.79 Å². The van der Waals surface area contributed by atoms with Crippen molar-refractivity contribution in [1.29, 1.82) is 0 Å². The zero-order valence-electron chi connectivity index (χ0n) is 18.7. The lowest BCUT2D eigenvalue weighted by molar-refractivity contribution is -0.125. The Balaban J connectivity index is 1.78. The molecule has 0 aliphatic carbocycles. The first-order valence-corrected chi connectivity index (χ1v) is 13.0. The van der Waals surface area contributed by atoms with E-state index in [-0.39, 0.29) is 24.7 Å². The van der Waals surface area contributed by atoms with Crippen LogP contribution in [0.2, 0.25) is 0 Å². The number of rotatable bonds is 10. The molecule has 0 N–H and O–H groups in total. The van der Waals surface area contributed by atoms with Crippen molar-refractivity contribution in [2.75, 3.05) is 20.8 Å². The zero-order valence-corrected chi connectivity index (χ0v) is 20.4. The van der Waals surface area contributed by atoms with Crippen LogP contribution >= 0.6 is 10.5 Å². The molecule has 1 aromatic heterocycles. The standard InChI is InChI=1S/C22H29N2O6S2/c1-16(2)7-10-22(26)31-11-5-6-19(31)14-23-15-21(25)24(32(23,27)28)13-17-8-9-18(29-3)12-20(17)30-4/h5-6,8-9,11-12,16H,7,10,13-15H2,1-4H3/q+1. The van der Waals surface area contributed by atoms with Crippen molar-refractivity contribution >= 4 is 31.7 Å². The molecule has 10 heteroatoms. The van der Waals surface area contributed by atoms with Crippen molar-refractivity contribution in [2.24, 2.45) is 5.92 Å². The molecule has 174 valence electrons. The third kappa shape index (κ3) is 5.13. The largest absolute Gasteiger partial charge is 0.497 e. The van der Waals surface area contributed by atoms with Gasteiger partial charge in [-0.1, -0.05) is 13.8 Å². The molecule has 1 unspecified atom stereocenters. The maximum Gasteiger partial charge on any atom is 0.355 e. The van der Waals surface area contributed by atoms with Crippen molar-refractivity contribution in [3.8, 4) is 11.5 Å². The number of hydrogen-bond donors (Lipinski definition) is 0. The summed E-state index contributed by atoms with van der Waals surface area (Å²) in [5, 5.41) is 1.92. The summed E-state index contributed by atoms with van der Waals surface area (Å²) in [6.45, 7) is 3.75. The number of carbonyl (C=O) groups excluding carboxylic acids is 2. The van der Waals surface area contributed by atoms with Crippen LogP contribution in [-0.4, -0.2) is 48.8 Å². The lowest BCUT2D eigenvalue weighted by Gasteiger charge is -2.19. The van der Waals surface area contributed by atoms with Gasteiger partial charge in [0.15, 0.2) is 4.88 Å². The van der Waals surface area contributed by atoms with Crippen LogP contribution in [0.5, 0.6) is 11.5 Å². The molecular weight excluding hydrogens is 452 g/mol. The van der Waals surface area contributed by atoms with Gasteiger partial charge in [-0.25, -0.2) is 9.10 Å². The average molecular weight is 482 g/mol. The predicted molar refractivity (Wildman–Crippen MR) is 123 cm³/mol. The van der Waals surface area contributed by atoms with E-state index in [0.29, 0.717) is 29.4 Å². The number of amides is 1. The van der Waals surface area contributed by atoms with Gasteiger partial charge in [-0.15, -0.1) is 0 Å². The SMILES string of the molecule is COc1ccc(CN2C(=O)CN(Cc3ccc[s+]3C(=O)CCC(C)C)S2(=O)=O)c(OC)c1. The van der Waals surface area contributed by atoms with Gasteiger partial charge in [-0.2, -0.15) is 12.7 Å². The molecule has 2 aromatic rings. The smallest absolute Gasteiger partial charge is 0.355 e. The summed E-state index contributed by atoms with van der Waals surface area (Å²) in [6, 6.07) is 8.58. The van der Waals surface area contributed by atoms with Crippen molar-refractivity contribution in [3.63, 3.8) is 0 Å². The van der Waals surface area contributed by atoms with Crippen LogP contribution in [0.1, 0.15) is 41.9 Å². The van der Waals surface area contributed by atoms with Crippen LogP contribution in [0.25, 0.3) is 0 Å². The summed E-state index contributed by atoms with van der Waals surface area (Å²) in [4.78, 5) is 26.0. The Morgan fingerprint density at radius 1 is 1.16 bits per heavy atom. The molecule has 32 heavy (non-hydrogen) atoms. The molecule has 1 fully saturated rings. The minimum Gasteiger partial charge on any atom is -0.497 e. The number of carbonyl (C=O) groups is 2. The number of hydrogen-bond acceptors (Lipinski definition) is 6. The maximum absolute atomic E-state index is 13.1. The van der Waals surface area contributed by atoms with E-state index >= 15 is 0 Å². The third-order valence-electron chi connectivity index (χ3n) is 5.29. The van der Waals surface area contributed by atoms with Crippen LogP contribution in [0.3, 0.4) is 0 Å². The van der Waals surface area contributed by atoms with Crippen LogP contribution in [0.4, 0.5) is 0 Å². The Labute approximate surface area is 191 Å². The second-order valence-corrected chi connectivity index (χ2v) is 11.7. The van der Waals surface area contributed by atoms with E-state index in [1.807, 2.05) is 5.38 Å². The van der Waals surface area contributed by atoms with Gasteiger partial charge >= 0.3 is 15.3 Å². The Bertz CT molecular complexity index is 1090. The number of ether oxygens (including phenoxy) is 2. The highest BCUT2D eigenvalue weighted by atomic mass is 32.2. The molecule has 0 bridgehead atoms. The molecule has 0 saturated carbocycles. The summed E-state index contributed by atoms with van der Waals surface area (Å²) in [5.74, 6) is 0.908. The quantitative estimate of drug-likeness (QED) is 0.481. The van der Waals surface area contributed by atoms with Crippen LogP contribution in [-0.2, 0) is 28.1 Å². The molecule has 1 amide bonds. The predicted octanol–water partition coefficient (Wildman–Crippen LogP) is 3.62. The molecule has 0 spiro atoms. The molecule has 0 radical (unpaired) electrons. The molecule has 1 atom stereocenters. The lowest BCUT2D eigenvalue weighted by Crippen LogP contribution is -2.33. The van der Waals surface area contributed by atoms with Crippen molar-refractivity contribution in [3.05, 3.63) is 46.2 Å². The van der Waals surface area contributed by atoms with E-state index in [1.54, 1.807) is 30.3 Å². The van der Waals surface area contributed by atoms with Gasteiger partial charge < -0.3 is 9.47 Å². The van der Waals surface area contributed by atoms with Gasteiger partial charge in [0.1, 0.15) is 16.9 Å². The molecule has 3 rings (SSSR count). The minimum atomic E-state index is -4.02. The summed E-state index contributed by atoms with van der Waals surface area (Å²) in [7, 11) is -1.78. The number of methoxy groups -OCH3 is 2. The molecule has 1 saturated heterocycles. The molecule has 1 aliphatic rings. The highest BCUT2D eigenvalue weighted by molar-refractivity contribution is 7.87. The van der Waals surface area contributed by atoms with Crippen LogP contribution in [0, 0.1) is 5.92 Å². The number of thiophene rings is 1. The number of nitrogens with zero attached hydrogens (tertiary/aromatic N) is 2. The van der Waals surface area contributed by atoms with Gasteiger partial charge in [0.2, 0.25) is 0 Å². The average Bonchev–Trinajstić information content (AvgIpc) is 3.30. The van der Waals surface area contributed by atoms with E-state index < -0.39 is 26.6 Å². The Kier molecular flexibility index (Phi) is 7.58. The Morgan fingerprint density at radius 2 is 1.91 bits per heavy atom. The fourth-order valence-corrected chi connectivity index (χ4v) is 6.71. The first-order valence-electron chi connectivity index (χ1n) is 10.3. The first kappa shape index (κ1) is 24.2. The van der Waals surface area contributed by atoms with E-state index in [1.165, 1.54) is 14.2 Å². The van der Waals surface area contributed by atoms with Gasteiger partial charge in [0.05, 0.1) is 50.7 Å². The first-order chi connectivity index (χ1) is 15.2. The van der Waals surface area contributed by atoms with Gasteiger partial charge in [-0.05, 0) is 30.5 Å². The Morgan fingerprint density at radius 3 is 2.56 bits per heavy atom. The highest BCUT2D eigenvalue weighted by Gasteiger charge is 2.44. The highest BCUT2D eigenvalue weighted by Crippen LogP contribution is 2.33. The zero-order chi connectivity index (χ0) is 23.5. The summed E-state index contributed by atoms with van der Waals surface area (Å²) in [6.07, 6.45) is 1.25. The Hall–Kier alpha value is -2.43. The normalized spacial score (nSPS) is 16.6. The van der Waals surface area contributed by atoms with Gasteiger partial charge in [0.25, 0.3) is 5.91 Å². The topological polar surface area (TPSA) is 93.2 Å². The minimum absolute atomic E-state index is 0.0217. The second kappa shape index (κ2) is 10.0. The summed E-state index contributed by atoms with van der Waals surface area (Å²) >= 11 is 0. The van der Waals surface area contributed by atoms with Crippen molar-refractivity contribution < 1.29 is 27.5 Å². The maximum atomic E-state index is 13.1. The van der Waals surface area contributed by atoms with E-state index in [0.717, 1.165) is 19.9 Å². The molecular formula is C22H29N2O6S2+. The van der Waals surface area contributed by atoms with Crippen LogP contribution in [0.15, 0.2) is 35.7 Å². The fraction of sp³-hybridized carbons (Fsp3) is 0.455. The monoisotopic (exact) mass is 481 g/mol. The molecule has 8 nitrogen and oxygen atoms in total. The van der Waals surface area contributed by atoms with Crippen molar-refractivity contribution in [1.82, 2.24) is 8.61 Å². The van der Waals surface area contributed by atoms with Crippen LogP contribution < -0.4 is 9.47 Å². The van der Waals surface area contributed by atoms with E-state index in [9.17, 15) is 18.0 Å². The van der Waals surface area contributed by atoms with E-state index in [4.69, 9.17) is 9.47 Å². The second-order valence-electron chi connectivity index (χ2n) is 7.96. The van der Waals surface area contributed by atoms with Gasteiger partial charge in [0, 0.05) is 17.7 Å². The van der Waals surface area contributed by atoms with Crippen molar-refractivity contribution in [2.45, 2.75) is 39.8 Å². The van der Waals surface area contributed by atoms with E-state index in [2.05, 4.69) is 13.8 Å².